The van der Waals surface area contributed by atoms with Gasteiger partial charge in [0.05, 0.1) is 55.5 Å². The van der Waals surface area contributed by atoms with Crippen molar-refractivity contribution in [3.63, 3.8) is 0 Å². The van der Waals surface area contributed by atoms with Crippen LogP contribution in [0.4, 0.5) is 4.79 Å². The van der Waals surface area contributed by atoms with Gasteiger partial charge in [-0.2, -0.15) is 0 Å². The molecule has 4 N–H and O–H groups in total. The Kier molecular flexibility index (Phi) is 11.7. The normalized spacial score (nSPS) is 18.6. The van der Waals surface area contributed by atoms with Crippen LogP contribution in [0.2, 0.25) is 0 Å². The molecule has 13 heteroatoms. The van der Waals surface area contributed by atoms with Crippen LogP contribution in [-0.4, -0.2) is 97.0 Å². The van der Waals surface area contributed by atoms with E-state index < -0.39 is 12.1 Å². The zero-order valence-electron chi connectivity index (χ0n) is 34.0. The van der Waals surface area contributed by atoms with Crippen LogP contribution in [0.1, 0.15) is 72.1 Å². The monoisotopic (exact) mass is 818 g/mol. The number of imidazole rings is 2. The van der Waals surface area contributed by atoms with Crippen LogP contribution in [0.15, 0.2) is 116 Å². The molecule has 0 bridgehead atoms. The molecule has 0 radical (unpaired) electrons. The van der Waals surface area contributed by atoms with Gasteiger partial charge in [-0.15, -0.1) is 0 Å². The Labute approximate surface area is 354 Å². The van der Waals surface area contributed by atoms with Crippen molar-refractivity contribution in [3.05, 3.63) is 144 Å². The van der Waals surface area contributed by atoms with E-state index in [2.05, 4.69) is 91.9 Å². The minimum atomic E-state index is -1.25. The first-order chi connectivity index (χ1) is 29.9. The molecule has 312 valence electrons. The second-order valence-electron chi connectivity index (χ2n) is 16.1. The maximum absolute atomic E-state index is 13.8. The van der Waals surface area contributed by atoms with Gasteiger partial charge in [-0.05, 0) is 64.6 Å². The van der Waals surface area contributed by atoms with E-state index in [0.29, 0.717) is 24.4 Å². The summed E-state index contributed by atoms with van der Waals surface area (Å²) in [6.45, 7) is 5.39. The second-order valence-corrected chi connectivity index (χ2v) is 16.1. The summed E-state index contributed by atoms with van der Waals surface area (Å²) in [6, 6.07) is 32.5. The molecule has 3 saturated heterocycles. The molecule has 2 aromatic heterocycles. The molecular weight excluding hydrogens is 769 g/mol. The lowest BCUT2D eigenvalue weighted by atomic mass is 10.0. The first-order valence-electron chi connectivity index (χ1n) is 21.2. The summed E-state index contributed by atoms with van der Waals surface area (Å²) in [5.74, 6) is 1.34. The summed E-state index contributed by atoms with van der Waals surface area (Å²) in [6.07, 6.45) is 6.13. The second kappa shape index (κ2) is 18.0. The lowest BCUT2D eigenvalue weighted by molar-refractivity contribution is -0.134. The molecule has 3 atom stereocenters. The third-order valence-corrected chi connectivity index (χ3v) is 12.3. The maximum Gasteiger partial charge on any atom is 0.405 e. The lowest BCUT2D eigenvalue weighted by Crippen LogP contribution is -2.42. The van der Waals surface area contributed by atoms with Crippen molar-refractivity contribution in [2.45, 2.75) is 56.8 Å². The fraction of sp³-hybridized carbons (Fsp3) is 0.312. The van der Waals surface area contributed by atoms with Gasteiger partial charge in [-0.1, -0.05) is 103 Å². The highest BCUT2D eigenvalue weighted by atomic mass is 16.5. The molecule has 4 aromatic carbocycles. The van der Waals surface area contributed by atoms with Crippen molar-refractivity contribution < 1.29 is 24.2 Å². The summed E-state index contributed by atoms with van der Waals surface area (Å²) >= 11 is 0. The van der Waals surface area contributed by atoms with Crippen molar-refractivity contribution in [1.82, 2.24) is 40.0 Å². The number of carbonyl (C=O) groups excluding carboxylic acids is 2. The number of H-pyrrole nitrogens is 2. The molecule has 61 heavy (non-hydrogen) atoms. The number of ether oxygens (including phenoxy) is 1. The molecule has 3 fully saturated rings. The molecule has 3 aliphatic heterocycles. The number of nitrogens with zero attached hydrogens (tertiary/aromatic N) is 5. The minimum absolute atomic E-state index is 0.0795. The number of nitrogens with one attached hydrogen (secondary N) is 3. The van der Waals surface area contributed by atoms with Crippen LogP contribution in [0.3, 0.4) is 0 Å². The molecule has 0 unspecified atom stereocenters. The minimum Gasteiger partial charge on any atom is -0.465 e. The van der Waals surface area contributed by atoms with Crippen molar-refractivity contribution in [2.24, 2.45) is 0 Å². The highest BCUT2D eigenvalue weighted by molar-refractivity contribution is 5.87. The molecule has 5 heterocycles. The predicted molar refractivity (Wildman–Crippen MR) is 231 cm³/mol. The topological polar surface area (TPSA) is 160 Å². The Balaban J connectivity index is 0.832. The number of aromatic amines is 2. The molecule has 3 aliphatic rings. The number of hydrogen-bond acceptors (Lipinski definition) is 7. The Morgan fingerprint density at radius 3 is 1.79 bits per heavy atom. The fourth-order valence-corrected chi connectivity index (χ4v) is 9.03. The van der Waals surface area contributed by atoms with E-state index in [-0.39, 0.29) is 23.9 Å². The third-order valence-electron chi connectivity index (χ3n) is 12.3. The Morgan fingerprint density at radius 2 is 1.20 bits per heavy atom. The Bertz CT molecular complexity index is 2460. The van der Waals surface area contributed by atoms with Crippen molar-refractivity contribution in [1.29, 1.82) is 0 Å². The van der Waals surface area contributed by atoms with Crippen molar-refractivity contribution in [2.75, 3.05) is 39.4 Å². The van der Waals surface area contributed by atoms with E-state index in [1.54, 1.807) is 35.4 Å². The van der Waals surface area contributed by atoms with Crippen molar-refractivity contribution in [3.8, 4) is 33.6 Å². The third kappa shape index (κ3) is 8.84. The number of carboxylic acid groups (broad SMARTS) is 1. The standard InChI is InChI=1S/C48H50N8O5/c57-43(28-37-10-4-5-11-38(37)31-54-24-26-61-27-25-54)55-22-6-12-41(55)45-49-29-39(51-45)34-18-14-32(15-19-34)33-16-20-35(21-17-33)40-30-50-46(52-40)42-13-7-23-56(42)47(58)44(53-48(59)60)36-8-2-1-3-9-36/h1-5,8-11,14-21,29-30,41-42,44,53H,6-7,12-13,22-28,31H2,(H,49,51)(H,50,52)(H,59,60)/t41-,42-,44+/m0/s1. The smallest absolute Gasteiger partial charge is 0.405 e. The van der Waals surface area contributed by atoms with Crippen LogP contribution in [0.5, 0.6) is 0 Å². The SMILES string of the molecule is O=C(O)N[C@@H](C(=O)N1CCC[C@H]1c1ncc(-c2ccc(-c3ccc(-c4cnc([C@@H]5CCCN5C(=O)Cc5ccccc5CN5CCOCC5)[nH]4)cc3)cc2)[nH]1)c1ccccc1. The number of aromatic nitrogens is 4. The molecule has 13 nitrogen and oxygen atoms in total. The quantitative estimate of drug-likeness (QED) is 0.0986. The molecule has 0 saturated carbocycles. The fourth-order valence-electron chi connectivity index (χ4n) is 9.03. The summed E-state index contributed by atoms with van der Waals surface area (Å²) in [5.41, 5.74) is 8.76. The van der Waals surface area contributed by atoms with E-state index in [9.17, 15) is 19.5 Å². The number of rotatable bonds is 12. The zero-order chi connectivity index (χ0) is 41.7. The van der Waals surface area contributed by atoms with Gasteiger partial charge in [0.2, 0.25) is 5.91 Å². The van der Waals surface area contributed by atoms with Gasteiger partial charge in [0.1, 0.15) is 17.7 Å². The zero-order valence-corrected chi connectivity index (χ0v) is 34.0. The van der Waals surface area contributed by atoms with Gasteiger partial charge in [0.15, 0.2) is 0 Å². The highest BCUT2D eigenvalue weighted by Crippen LogP contribution is 2.36. The number of amides is 3. The molecule has 0 spiro atoms. The van der Waals surface area contributed by atoms with Gasteiger partial charge in [0.25, 0.3) is 5.91 Å². The molecule has 3 amide bonds. The largest absolute Gasteiger partial charge is 0.465 e. The van der Waals surface area contributed by atoms with Gasteiger partial charge in [-0.25, -0.2) is 14.8 Å². The first-order valence-corrected chi connectivity index (χ1v) is 21.2. The molecule has 6 aromatic rings. The summed E-state index contributed by atoms with van der Waals surface area (Å²) < 4.78 is 5.53. The number of morpholine rings is 1. The average Bonchev–Trinajstić information content (AvgIpc) is 4.14. The predicted octanol–water partition coefficient (Wildman–Crippen LogP) is 7.54. The number of benzene rings is 4. The van der Waals surface area contributed by atoms with E-state index in [0.717, 1.165) is 110 Å². The van der Waals surface area contributed by atoms with Crippen LogP contribution in [0.25, 0.3) is 33.6 Å². The Hall–Kier alpha value is -6.57. The summed E-state index contributed by atoms with van der Waals surface area (Å²) in [4.78, 5) is 61.7. The van der Waals surface area contributed by atoms with E-state index in [1.165, 1.54) is 5.56 Å². The molecule has 9 rings (SSSR count). The van der Waals surface area contributed by atoms with Crippen LogP contribution in [-0.2, 0) is 27.3 Å². The number of carbonyl (C=O) groups is 3. The lowest BCUT2D eigenvalue weighted by Gasteiger charge is -2.28. The van der Waals surface area contributed by atoms with Gasteiger partial charge >= 0.3 is 6.09 Å². The number of likely N-dealkylation sites (tertiary alicyclic amines) is 2. The van der Waals surface area contributed by atoms with Crippen molar-refractivity contribution >= 4 is 17.9 Å². The van der Waals surface area contributed by atoms with Crippen LogP contribution in [0, 0.1) is 0 Å². The van der Waals surface area contributed by atoms with Gasteiger partial charge < -0.3 is 34.9 Å². The van der Waals surface area contributed by atoms with Gasteiger partial charge in [-0.3, -0.25) is 14.5 Å². The summed E-state index contributed by atoms with van der Waals surface area (Å²) in [5, 5.41) is 11.9. The average molecular weight is 819 g/mol. The van der Waals surface area contributed by atoms with Gasteiger partial charge in [0, 0.05) is 32.7 Å². The van der Waals surface area contributed by atoms with E-state index in [4.69, 9.17) is 9.72 Å². The first kappa shape index (κ1) is 39.9. The Morgan fingerprint density at radius 1 is 0.672 bits per heavy atom. The van der Waals surface area contributed by atoms with Crippen LogP contribution < -0.4 is 5.32 Å². The van der Waals surface area contributed by atoms with Crippen LogP contribution >= 0.6 is 0 Å². The summed E-state index contributed by atoms with van der Waals surface area (Å²) in [7, 11) is 0. The maximum atomic E-state index is 13.8. The number of hydrogen-bond donors (Lipinski definition) is 4. The van der Waals surface area contributed by atoms with E-state index in [1.807, 2.05) is 23.2 Å². The molecule has 0 aliphatic carbocycles. The highest BCUT2D eigenvalue weighted by Gasteiger charge is 2.37. The molecular formula is C48H50N8O5. The van der Waals surface area contributed by atoms with E-state index >= 15 is 0 Å².